The van der Waals surface area contributed by atoms with Gasteiger partial charge in [-0.3, -0.25) is 9.59 Å². The lowest BCUT2D eigenvalue weighted by Crippen LogP contribution is -2.44. The molecule has 5 nitrogen and oxygen atoms in total. The number of hydrogen-bond acceptors (Lipinski definition) is 3. The number of aliphatic hydroxyl groups excluding tert-OH is 1. The number of amides is 2. The van der Waals surface area contributed by atoms with E-state index in [1.165, 1.54) is 0 Å². The van der Waals surface area contributed by atoms with Crippen molar-refractivity contribution in [3.05, 3.63) is 0 Å². The summed E-state index contributed by atoms with van der Waals surface area (Å²) in [6, 6.07) is -0.365. The van der Waals surface area contributed by atoms with Gasteiger partial charge in [-0.2, -0.15) is 0 Å². The molecule has 1 rings (SSSR count). The third-order valence-corrected chi connectivity index (χ3v) is 3.06. The average Bonchev–Trinajstić information content (AvgIpc) is 2.70. The summed E-state index contributed by atoms with van der Waals surface area (Å²) in [5.74, 6) is -0.155. The van der Waals surface area contributed by atoms with Crippen LogP contribution in [-0.4, -0.2) is 36.1 Å². The van der Waals surface area contributed by atoms with Gasteiger partial charge in [-0.15, -0.1) is 0 Å². The molecule has 0 aromatic rings. The van der Waals surface area contributed by atoms with E-state index in [0.717, 1.165) is 12.8 Å². The van der Waals surface area contributed by atoms with Crippen LogP contribution >= 0.6 is 0 Å². The van der Waals surface area contributed by atoms with E-state index in [4.69, 9.17) is 5.11 Å². The third kappa shape index (κ3) is 4.73. The minimum Gasteiger partial charge on any atom is -0.396 e. The van der Waals surface area contributed by atoms with E-state index in [2.05, 4.69) is 24.5 Å². The number of aliphatic hydroxyl groups is 1. The fourth-order valence-corrected chi connectivity index (χ4v) is 1.91. The van der Waals surface area contributed by atoms with Gasteiger partial charge >= 0.3 is 0 Å². The molecule has 0 aromatic carbocycles. The molecule has 0 saturated carbocycles. The van der Waals surface area contributed by atoms with Crippen LogP contribution in [-0.2, 0) is 9.59 Å². The Hall–Kier alpha value is -1.10. The summed E-state index contributed by atoms with van der Waals surface area (Å²) in [4.78, 5) is 22.7. The summed E-state index contributed by atoms with van der Waals surface area (Å²) in [5.41, 5.74) is -0.0268. The van der Waals surface area contributed by atoms with Crippen molar-refractivity contribution in [1.29, 1.82) is 0 Å². The second-order valence-corrected chi connectivity index (χ2v) is 5.37. The maximum absolute atomic E-state index is 11.7. The minimum atomic E-state index is -0.365. The molecule has 2 amide bonds. The van der Waals surface area contributed by atoms with Gasteiger partial charge in [0.2, 0.25) is 11.8 Å². The molecule has 1 heterocycles. The lowest BCUT2D eigenvalue weighted by molar-refractivity contribution is -0.126. The largest absolute Gasteiger partial charge is 0.396 e. The first-order valence-corrected chi connectivity index (χ1v) is 6.12. The molecule has 1 aliphatic rings. The van der Waals surface area contributed by atoms with Gasteiger partial charge in [0, 0.05) is 19.6 Å². The van der Waals surface area contributed by atoms with E-state index in [9.17, 15) is 9.59 Å². The fraction of sp³-hybridized carbons (Fsp3) is 0.833. The topological polar surface area (TPSA) is 78.4 Å². The Morgan fingerprint density at radius 2 is 2.29 bits per heavy atom. The number of carbonyl (C=O) groups is 2. The molecule has 1 saturated heterocycles. The Morgan fingerprint density at radius 3 is 2.82 bits per heavy atom. The van der Waals surface area contributed by atoms with Gasteiger partial charge < -0.3 is 15.7 Å². The molecule has 3 N–H and O–H groups in total. The molecular formula is C12H22N2O3. The van der Waals surface area contributed by atoms with Crippen molar-refractivity contribution >= 4 is 11.8 Å². The quantitative estimate of drug-likeness (QED) is 0.621. The first kappa shape index (κ1) is 14.0. The van der Waals surface area contributed by atoms with Gasteiger partial charge in [-0.1, -0.05) is 13.8 Å². The van der Waals surface area contributed by atoms with Crippen molar-refractivity contribution in [2.75, 3.05) is 13.2 Å². The Labute approximate surface area is 102 Å². The van der Waals surface area contributed by atoms with Crippen molar-refractivity contribution in [1.82, 2.24) is 10.6 Å². The predicted molar refractivity (Wildman–Crippen MR) is 64.3 cm³/mol. The molecule has 0 spiro atoms. The summed E-state index contributed by atoms with van der Waals surface area (Å²) in [7, 11) is 0. The average molecular weight is 242 g/mol. The molecule has 1 aliphatic heterocycles. The first-order chi connectivity index (χ1) is 7.94. The smallest absolute Gasteiger partial charge is 0.242 e. The Morgan fingerprint density at radius 1 is 1.59 bits per heavy atom. The van der Waals surface area contributed by atoms with Crippen molar-refractivity contribution in [3.8, 4) is 0 Å². The van der Waals surface area contributed by atoms with Crippen LogP contribution in [0.5, 0.6) is 0 Å². The lowest BCUT2D eigenvalue weighted by atomic mass is 9.88. The van der Waals surface area contributed by atoms with E-state index in [0.29, 0.717) is 19.4 Å². The summed E-state index contributed by atoms with van der Waals surface area (Å²) in [6.07, 6.45) is 2.62. The number of carbonyl (C=O) groups excluding carboxylic acids is 2. The van der Waals surface area contributed by atoms with Crippen LogP contribution < -0.4 is 10.6 Å². The second-order valence-electron chi connectivity index (χ2n) is 5.37. The maximum atomic E-state index is 11.7. The minimum absolute atomic E-state index is 0.0268. The third-order valence-electron chi connectivity index (χ3n) is 3.06. The van der Waals surface area contributed by atoms with Gasteiger partial charge in [0.05, 0.1) is 0 Å². The highest BCUT2D eigenvalue weighted by Crippen LogP contribution is 2.20. The Bertz CT molecular complexity index is 289. The molecule has 1 unspecified atom stereocenters. The summed E-state index contributed by atoms with van der Waals surface area (Å²) < 4.78 is 0. The van der Waals surface area contributed by atoms with E-state index in [1.807, 2.05) is 0 Å². The van der Waals surface area contributed by atoms with Gasteiger partial charge in [-0.05, 0) is 24.7 Å². The van der Waals surface area contributed by atoms with Crippen LogP contribution in [0.3, 0.4) is 0 Å². The Balaban J connectivity index is 2.29. The number of nitrogens with one attached hydrogen (secondary N) is 2. The zero-order chi connectivity index (χ0) is 12.9. The zero-order valence-corrected chi connectivity index (χ0v) is 10.6. The van der Waals surface area contributed by atoms with Crippen LogP contribution in [0.15, 0.2) is 0 Å². The van der Waals surface area contributed by atoms with Gasteiger partial charge in [-0.25, -0.2) is 0 Å². The molecule has 17 heavy (non-hydrogen) atoms. The zero-order valence-electron chi connectivity index (χ0n) is 10.6. The first-order valence-electron chi connectivity index (χ1n) is 6.12. The summed E-state index contributed by atoms with van der Waals surface area (Å²) in [5, 5.41) is 14.3. The van der Waals surface area contributed by atoms with Crippen LogP contribution in [0.2, 0.25) is 0 Å². The van der Waals surface area contributed by atoms with E-state index >= 15 is 0 Å². The monoisotopic (exact) mass is 242 g/mol. The summed E-state index contributed by atoms with van der Waals surface area (Å²) >= 11 is 0. The fourth-order valence-electron chi connectivity index (χ4n) is 1.91. The highest BCUT2D eigenvalue weighted by molar-refractivity contribution is 5.90. The standard InChI is InChI=1S/C12H22N2O3/c1-12(2,6-3-7-15)8-13-11(17)9-4-5-10(16)14-9/h9,15H,3-8H2,1-2H3,(H,13,17)(H,14,16). The molecule has 1 atom stereocenters. The molecule has 1 fully saturated rings. The highest BCUT2D eigenvalue weighted by atomic mass is 16.3. The van der Waals surface area contributed by atoms with E-state index in [1.54, 1.807) is 0 Å². The van der Waals surface area contributed by atoms with E-state index in [-0.39, 0.29) is 29.9 Å². The highest BCUT2D eigenvalue weighted by Gasteiger charge is 2.28. The molecule has 98 valence electrons. The van der Waals surface area contributed by atoms with Crippen LogP contribution in [0, 0.1) is 5.41 Å². The normalized spacial score (nSPS) is 20.2. The number of rotatable bonds is 6. The van der Waals surface area contributed by atoms with Crippen LogP contribution in [0.1, 0.15) is 39.5 Å². The number of hydrogen-bond donors (Lipinski definition) is 3. The second kappa shape index (κ2) is 6.00. The molecule has 0 aliphatic carbocycles. The van der Waals surface area contributed by atoms with Crippen molar-refractivity contribution < 1.29 is 14.7 Å². The van der Waals surface area contributed by atoms with Crippen LogP contribution in [0.4, 0.5) is 0 Å². The maximum Gasteiger partial charge on any atom is 0.242 e. The molecular weight excluding hydrogens is 220 g/mol. The molecule has 0 bridgehead atoms. The van der Waals surface area contributed by atoms with Gasteiger partial charge in [0.1, 0.15) is 6.04 Å². The molecule has 5 heteroatoms. The van der Waals surface area contributed by atoms with Crippen molar-refractivity contribution in [2.24, 2.45) is 5.41 Å². The molecule has 0 aromatic heterocycles. The summed E-state index contributed by atoms with van der Waals surface area (Å²) in [6.45, 7) is 4.85. The Kier molecular flexibility index (Phi) is 4.93. The SMILES string of the molecule is CC(C)(CCCO)CNC(=O)C1CCC(=O)N1. The lowest BCUT2D eigenvalue weighted by Gasteiger charge is -2.25. The van der Waals surface area contributed by atoms with Crippen LogP contribution in [0.25, 0.3) is 0 Å². The van der Waals surface area contributed by atoms with Gasteiger partial charge in [0.25, 0.3) is 0 Å². The van der Waals surface area contributed by atoms with Crippen molar-refractivity contribution in [2.45, 2.75) is 45.6 Å². The van der Waals surface area contributed by atoms with Crippen molar-refractivity contribution in [3.63, 3.8) is 0 Å². The van der Waals surface area contributed by atoms with Gasteiger partial charge in [0.15, 0.2) is 0 Å². The molecule has 0 radical (unpaired) electrons. The van der Waals surface area contributed by atoms with E-state index < -0.39 is 0 Å². The predicted octanol–water partition coefficient (Wildman–Crippen LogP) is 0.180.